The molecule has 3 heterocycles. The third-order valence-electron chi connectivity index (χ3n) is 18.7. The zero-order valence-corrected chi connectivity index (χ0v) is 67.1. The summed E-state index contributed by atoms with van der Waals surface area (Å²) in [6, 6.07) is -7.97. The molecule has 3 rings (SSSR count). The average Bonchev–Trinajstić information content (AvgIpc) is 0.794. The summed E-state index contributed by atoms with van der Waals surface area (Å²) in [5, 5.41) is 65.6. The second kappa shape index (κ2) is 49.2. The summed E-state index contributed by atoms with van der Waals surface area (Å²) in [5.41, 5.74) is 33.5. The Morgan fingerprint density at radius 3 is 1.12 bits per heavy atom. The molecule has 3 fully saturated rings. The number of nitrogens with zero attached hydrogens (tertiary/aromatic N) is 4. The van der Waals surface area contributed by atoms with Gasteiger partial charge in [0.15, 0.2) is 0 Å². The zero-order valence-electron chi connectivity index (χ0n) is 66.3. The number of rotatable bonds is 54. The van der Waals surface area contributed by atoms with Crippen LogP contribution in [0, 0.1) is 32.5 Å². The Morgan fingerprint density at radius 2 is 0.780 bits per heavy atom. The molecule has 0 aromatic heterocycles. The summed E-state index contributed by atoms with van der Waals surface area (Å²) in [6.07, 6.45) is 2.40. The molecule has 0 spiro atoms. The molecule has 0 radical (unpaired) electrons. The van der Waals surface area contributed by atoms with Gasteiger partial charge in [-0.25, -0.2) is 14.0 Å². The molecule has 0 bridgehead atoms. The van der Waals surface area contributed by atoms with Crippen molar-refractivity contribution in [2.75, 3.05) is 74.1 Å². The fourth-order valence-corrected chi connectivity index (χ4v) is 17.7. The number of morpholine rings is 2. The Hall–Kier alpha value is -7.28. The van der Waals surface area contributed by atoms with Gasteiger partial charge in [0, 0.05) is 73.0 Å². The zero-order chi connectivity index (χ0) is 82.4. The molecule has 0 aromatic carbocycles. The molecule has 622 valence electrons. The van der Waals surface area contributed by atoms with Crippen LogP contribution in [0.5, 0.6) is 0 Å². The van der Waals surface area contributed by atoms with Crippen molar-refractivity contribution in [1.29, 1.82) is 32.5 Å². The molecule has 0 aromatic rings. The van der Waals surface area contributed by atoms with E-state index in [1.165, 1.54) is 16.5 Å². The number of nitrogens with one attached hydrogen (secondary N) is 13. The van der Waals surface area contributed by atoms with Crippen molar-refractivity contribution in [1.82, 2.24) is 56.1 Å². The lowest BCUT2D eigenvalue weighted by Gasteiger charge is -2.44. The van der Waals surface area contributed by atoms with Gasteiger partial charge >= 0.3 is 7.67 Å². The van der Waals surface area contributed by atoms with E-state index in [9.17, 15) is 42.9 Å². The molecule has 38 nitrogen and oxygen atoms in total. The van der Waals surface area contributed by atoms with Crippen LogP contribution in [-0.2, 0) is 70.7 Å². The van der Waals surface area contributed by atoms with Crippen molar-refractivity contribution in [2.24, 2.45) is 34.4 Å². The van der Waals surface area contributed by atoms with Gasteiger partial charge in [-0.2, -0.15) is 0 Å². The van der Waals surface area contributed by atoms with E-state index in [0.29, 0.717) is 57.8 Å². The van der Waals surface area contributed by atoms with Crippen LogP contribution in [0.25, 0.3) is 0 Å². The standard InChI is InChI=1S/C69H131N23O15P2/c1-43-34-50(35-44(2)105-43)108(101,89(6)7)103-41-49-40-92(38-46(4)107-49)109(102,90(8)9)104-42-48-39-91(37-45(3)106-48)63(94)36-82-64(95)51(22-10-16-28-57(70)71)84-66(97)53(24-12-18-30-59(74)75)86-68(99)55(26-14-20-32-61(78)79)88-69(100)56(27-15-21-33-62(80)81)87-67(98)54(25-13-19-31-60(76)77)85-65(96)52(83-47(5)93)23-11-17-29-58(72)73/h43-46,48-56H,10-42H2,1-9H3,(H3,70,71)(H3,72,73)(H3,74,75)(H3,76,77)(H3,78,79)(H3,80,81)(H,82,95)(H,83,93)(H,84,97)(H,85,96)(H,86,99)(H,87,98)(H,88,100)/i1T. The largest absolute Gasteiger partial charge is 0.388 e. The first kappa shape index (κ1) is 94.1. The highest BCUT2D eigenvalue weighted by Gasteiger charge is 2.46. The van der Waals surface area contributed by atoms with Crippen LogP contribution in [-0.4, -0.2) is 254 Å². The maximum Gasteiger partial charge on any atom is 0.345 e. The van der Waals surface area contributed by atoms with Gasteiger partial charge in [0.05, 0.1) is 97.1 Å². The number of carbonyl (C=O) groups excluding carboxylic acids is 8. The fraction of sp³-hybridized carbons (Fsp3) is 0.797. The lowest BCUT2D eigenvalue weighted by atomic mass is 10.0. The molecule has 15 unspecified atom stereocenters. The van der Waals surface area contributed by atoms with Crippen molar-refractivity contribution in [2.45, 2.75) is 280 Å². The smallest absolute Gasteiger partial charge is 0.345 e. The Labute approximate surface area is 644 Å². The molecule has 109 heavy (non-hydrogen) atoms. The van der Waals surface area contributed by atoms with E-state index in [-0.39, 0.29) is 208 Å². The van der Waals surface area contributed by atoms with Gasteiger partial charge in [-0.1, -0.05) is 38.5 Å². The maximum atomic E-state index is 15.1. The number of nitrogens with two attached hydrogens (primary N) is 6. The highest BCUT2D eigenvalue weighted by Crippen LogP contribution is 2.59. The van der Waals surface area contributed by atoms with Crippen molar-refractivity contribution in [3.05, 3.63) is 0 Å². The third kappa shape index (κ3) is 36.6. The molecule has 3 saturated heterocycles. The number of ether oxygens (including phenoxy) is 3. The van der Waals surface area contributed by atoms with E-state index in [1.54, 1.807) is 44.5 Å². The third-order valence-corrected chi connectivity index (χ3v) is 24.2. The van der Waals surface area contributed by atoms with E-state index in [4.69, 9.17) is 91.5 Å². The highest BCUT2D eigenvalue weighted by molar-refractivity contribution is 7.57. The van der Waals surface area contributed by atoms with E-state index >= 15 is 4.57 Å². The number of amidine groups is 6. The van der Waals surface area contributed by atoms with Crippen molar-refractivity contribution < 1.29 is 72.1 Å². The van der Waals surface area contributed by atoms with Crippen LogP contribution in [0.1, 0.15) is 203 Å². The second-order valence-corrected chi connectivity index (χ2v) is 34.8. The van der Waals surface area contributed by atoms with Crippen LogP contribution in [0.2, 0.25) is 0 Å². The van der Waals surface area contributed by atoms with Gasteiger partial charge in [0.2, 0.25) is 47.3 Å². The van der Waals surface area contributed by atoms with Crippen molar-refractivity contribution in [3.63, 3.8) is 0 Å². The fourth-order valence-electron chi connectivity index (χ4n) is 13.1. The molecule has 0 saturated carbocycles. The van der Waals surface area contributed by atoms with Gasteiger partial charge < -0.3 is 99.8 Å². The summed E-state index contributed by atoms with van der Waals surface area (Å²) in [6.45, 7) is 6.23. The van der Waals surface area contributed by atoms with Crippen LogP contribution >= 0.6 is 15.2 Å². The SMILES string of the molecule is [3H]CC1CC(P(=O)(OCC2CN(P(=O)(OCC3CN(C(=O)CNC(=O)C(CCCCC(=N)N)NC(=O)C(CCCCC(=N)N)NC(=O)C(CCCCC(=N)N)NC(=O)C(CCCCC(=N)N)NC(=O)C(CCCCC(=N)N)NC(=O)C(CCCCC(=N)N)NC(C)=O)CC(C)O3)N(C)C)CC(C)O2)N(C)C)CC(C)O1. The molecule has 15 atom stereocenters. The summed E-state index contributed by atoms with van der Waals surface area (Å²) in [4.78, 5) is 115. The number of carbonyl (C=O) groups is 8. The minimum atomic E-state index is -3.85. The molecule has 8 amide bonds. The van der Waals surface area contributed by atoms with Crippen LogP contribution in [0.3, 0.4) is 0 Å². The Bertz CT molecular complexity index is 3160. The Kier molecular flexibility index (Phi) is 42.4. The summed E-state index contributed by atoms with van der Waals surface area (Å²) in [7, 11) is -0.683. The highest BCUT2D eigenvalue weighted by atomic mass is 31.2. The Balaban J connectivity index is 1.92. The first-order chi connectivity index (χ1) is 51.8. The number of hydrogen-bond donors (Lipinski definition) is 19. The predicted octanol–water partition coefficient (Wildman–Crippen LogP) is 2.13. The topological polar surface area (TPSA) is 613 Å². The predicted molar refractivity (Wildman–Crippen MR) is 417 cm³/mol. The minimum Gasteiger partial charge on any atom is -0.388 e. The molecule has 0 aliphatic carbocycles. The number of unbranched alkanes of at least 4 members (excludes halogenated alkanes) is 6. The average molecular weight is 1590 g/mol. The molecular formula is C69H131N23O15P2. The lowest BCUT2D eigenvalue weighted by Crippen LogP contribution is -2.59. The van der Waals surface area contributed by atoms with Crippen LogP contribution < -0.4 is 71.6 Å². The molecule has 3 aliphatic rings. The van der Waals surface area contributed by atoms with Crippen LogP contribution in [0.15, 0.2) is 0 Å². The summed E-state index contributed by atoms with van der Waals surface area (Å²) >= 11 is 0. The van der Waals surface area contributed by atoms with Gasteiger partial charge in [-0.15, -0.1) is 0 Å². The summed E-state index contributed by atoms with van der Waals surface area (Å²) < 4.78 is 73.4. The van der Waals surface area contributed by atoms with Crippen LogP contribution in [0.4, 0.5) is 0 Å². The second-order valence-electron chi connectivity index (χ2n) is 29.2. The van der Waals surface area contributed by atoms with E-state index in [1.807, 2.05) is 13.8 Å². The normalized spacial score (nSPS) is 21.8. The van der Waals surface area contributed by atoms with E-state index in [0.717, 1.165) is 0 Å². The molecule has 3 aliphatic heterocycles. The van der Waals surface area contributed by atoms with Crippen molar-refractivity contribution >= 4 is 97.5 Å². The van der Waals surface area contributed by atoms with E-state index < -0.39 is 130 Å². The molecular weight excluding hydrogens is 1450 g/mol. The first-order valence-corrected chi connectivity index (χ1v) is 41.1. The Morgan fingerprint density at radius 1 is 0.450 bits per heavy atom. The van der Waals surface area contributed by atoms with Gasteiger partial charge in [0.25, 0.3) is 7.52 Å². The maximum absolute atomic E-state index is 15.1. The minimum absolute atomic E-state index is 0.00211. The molecule has 40 heteroatoms. The van der Waals surface area contributed by atoms with Gasteiger partial charge in [0.1, 0.15) is 36.3 Å². The number of amides is 8. The van der Waals surface area contributed by atoms with Gasteiger partial charge in [-0.3, -0.25) is 79.9 Å². The number of hydrogen-bond acceptors (Lipinski definition) is 21. The van der Waals surface area contributed by atoms with Gasteiger partial charge in [-0.05, 0) is 146 Å². The first-order valence-electron chi connectivity index (χ1n) is 38.6. The molecule has 25 N–H and O–H groups in total. The monoisotopic (exact) mass is 1590 g/mol. The quantitative estimate of drug-likeness (QED) is 0.0179. The summed E-state index contributed by atoms with van der Waals surface area (Å²) in [5.74, 6) is -6.55. The van der Waals surface area contributed by atoms with E-state index in [2.05, 4.69) is 37.2 Å². The van der Waals surface area contributed by atoms with Crippen molar-refractivity contribution in [3.8, 4) is 0 Å². The lowest BCUT2D eigenvalue weighted by molar-refractivity contribution is -0.147.